The van der Waals surface area contributed by atoms with E-state index in [9.17, 15) is 0 Å². The molecule has 0 saturated carbocycles. The zero-order valence-corrected chi connectivity index (χ0v) is 11.9. The molecule has 0 aliphatic heterocycles. The first-order chi connectivity index (χ1) is 7.53. The summed E-state index contributed by atoms with van der Waals surface area (Å²) in [6.45, 7) is 11.1. The van der Waals surface area contributed by atoms with E-state index in [-0.39, 0.29) is 12.4 Å². The largest absolute Gasteiger partial charge is 0.478 e. The second-order valence-electron chi connectivity index (χ2n) is 5.06. The predicted octanol–water partition coefficient (Wildman–Crippen LogP) is 3.04. The second kappa shape index (κ2) is 7.51. The third-order valence-electron chi connectivity index (χ3n) is 2.10. The van der Waals surface area contributed by atoms with Crippen LogP contribution >= 0.6 is 12.4 Å². The van der Waals surface area contributed by atoms with Gasteiger partial charge in [0.1, 0.15) is 0 Å². The number of pyridine rings is 1. The normalized spacial score (nSPS) is 10.8. The van der Waals surface area contributed by atoms with Crippen LogP contribution in [-0.4, -0.2) is 18.1 Å². The Hall–Kier alpha value is -0.800. The van der Waals surface area contributed by atoms with E-state index in [2.05, 4.69) is 31.1 Å². The summed E-state index contributed by atoms with van der Waals surface area (Å²) in [7, 11) is 0. The van der Waals surface area contributed by atoms with E-state index in [1.165, 1.54) is 0 Å². The molecule has 0 bridgehead atoms. The fourth-order valence-corrected chi connectivity index (χ4v) is 1.40. The molecule has 0 aromatic carbocycles. The van der Waals surface area contributed by atoms with E-state index >= 15 is 0 Å². The van der Waals surface area contributed by atoms with Crippen LogP contribution in [0.15, 0.2) is 18.3 Å². The summed E-state index contributed by atoms with van der Waals surface area (Å²) >= 11 is 0. The van der Waals surface area contributed by atoms with Gasteiger partial charge < -0.3 is 10.1 Å². The smallest absolute Gasteiger partial charge is 0.217 e. The van der Waals surface area contributed by atoms with Crippen LogP contribution in [0.25, 0.3) is 0 Å². The van der Waals surface area contributed by atoms with Crippen LogP contribution < -0.4 is 10.1 Å². The van der Waals surface area contributed by atoms with E-state index in [0.29, 0.717) is 12.0 Å². The molecule has 3 nitrogen and oxygen atoms in total. The van der Waals surface area contributed by atoms with Gasteiger partial charge in [-0.2, -0.15) is 0 Å². The lowest BCUT2D eigenvalue weighted by atomic mass is 9.97. The maximum Gasteiger partial charge on any atom is 0.217 e. The van der Waals surface area contributed by atoms with E-state index in [0.717, 1.165) is 24.5 Å². The van der Waals surface area contributed by atoms with Gasteiger partial charge in [-0.25, -0.2) is 4.98 Å². The number of nitrogens with one attached hydrogen (secondary N) is 1. The maximum absolute atomic E-state index is 5.47. The Kier molecular flexibility index (Phi) is 7.16. The predicted molar refractivity (Wildman–Crippen MR) is 73.8 cm³/mol. The minimum absolute atomic E-state index is 0. The van der Waals surface area contributed by atoms with Crippen molar-refractivity contribution in [1.82, 2.24) is 10.3 Å². The monoisotopic (exact) mass is 258 g/mol. The minimum atomic E-state index is 0. The molecule has 0 amide bonds. The van der Waals surface area contributed by atoms with Crippen molar-refractivity contribution >= 4 is 12.4 Å². The molecule has 1 rings (SSSR count). The van der Waals surface area contributed by atoms with E-state index in [1.54, 1.807) is 6.20 Å². The summed E-state index contributed by atoms with van der Waals surface area (Å²) in [6, 6.07) is 3.99. The summed E-state index contributed by atoms with van der Waals surface area (Å²) in [4.78, 5) is 4.22. The van der Waals surface area contributed by atoms with Crippen LogP contribution in [0.4, 0.5) is 0 Å². The van der Waals surface area contributed by atoms with Crippen LogP contribution in [0.5, 0.6) is 5.88 Å². The number of hydrogen-bond acceptors (Lipinski definition) is 3. The second-order valence-corrected chi connectivity index (χ2v) is 5.06. The summed E-state index contributed by atoms with van der Waals surface area (Å²) in [5.74, 6) is 0.742. The van der Waals surface area contributed by atoms with Gasteiger partial charge in [-0.05, 0) is 18.4 Å². The van der Waals surface area contributed by atoms with Crippen molar-refractivity contribution in [3.63, 3.8) is 0 Å². The topological polar surface area (TPSA) is 34.1 Å². The van der Waals surface area contributed by atoms with Crippen molar-refractivity contribution in [2.45, 2.75) is 34.2 Å². The van der Waals surface area contributed by atoms with E-state index in [1.807, 2.05) is 19.1 Å². The number of aromatic nitrogens is 1. The van der Waals surface area contributed by atoms with Crippen LogP contribution in [0.3, 0.4) is 0 Å². The number of nitrogens with zero attached hydrogens (tertiary/aromatic N) is 1. The van der Waals surface area contributed by atoms with Gasteiger partial charge in [-0.15, -0.1) is 12.4 Å². The number of rotatable bonds is 5. The Balaban J connectivity index is 0.00000256. The molecule has 1 aromatic rings. The molecule has 0 unspecified atom stereocenters. The first-order valence-electron chi connectivity index (χ1n) is 5.80. The van der Waals surface area contributed by atoms with Crippen molar-refractivity contribution < 1.29 is 4.74 Å². The fraction of sp³-hybridized carbons (Fsp3) is 0.615. The van der Waals surface area contributed by atoms with E-state index in [4.69, 9.17) is 4.74 Å². The Morgan fingerprint density at radius 1 is 1.35 bits per heavy atom. The first-order valence-corrected chi connectivity index (χ1v) is 5.80. The van der Waals surface area contributed by atoms with Gasteiger partial charge >= 0.3 is 0 Å². The standard InChI is InChI=1S/C13H22N2O.ClH/c1-5-16-12-11(7-6-8-15-12)9-14-10-13(2,3)4;/h6-8,14H,5,9-10H2,1-4H3;1H. The molecular weight excluding hydrogens is 236 g/mol. The number of hydrogen-bond donors (Lipinski definition) is 1. The molecule has 0 saturated heterocycles. The average Bonchev–Trinajstić information content (AvgIpc) is 2.19. The van der Waals surface area contributed by atoms with Crippen molar-refractivity contribution in [3.05, 3.63) is 23.9 Å². The van der Waals surface area contributed by atoms with Crippen molar-refractivity contribution in [3.8, 4) is 5.88 Å². The maximum atomic E-state index is 5.47. The number of ether oxygens (including phenoxy) is 1. The molecule has 0 aliphatic carbocycles. The molecule has 98 valence electrons. The average molecular weight is 259 g/mol. The zero-order valence-electron chi connectivity index (χ0n) is 11.1. The van der Waals surface area contributed by atoms with Gasteiger partial charge in [0, 0.05) is 24.8 Å². The van der Waals surface area contributed by atoms with Gasteiger partial charge in [0.2, 0.25) is 5.88 Å². The molecule has 0 aliphatic rings. The fourth-order valence-electron chi connectivity index (χ4n) is 1.40. The van der Waals surface area contributed by atoms with E-state index < -0.39 is 0 Å². The van der Waals surface area contributed by atoms with Gasteiger partial charge in [-0.3, -0.25) is 0 Å². The highest BCUT2D eigenvalue weighted by Crippen LogP contribution is 2.15. The van der Waals surface area contributed by atoms with Gasteiger partial charge in [-0.1, -0.05) is 26.8 Å². The third-order valence-corrected chi connectivity index (χ3v) is 2.10. The van der Waals surface area contributed by atoms with Crippen LogP contribution in [0.2, 0.25) is 0 Å². The SMILES string of the molecule is CCOc1ncccc1CNCC(C)(C)C.Cl. The zero-order chi connectivity index (χ0) is 12.0. The van der Waals surface area contributed by atoms with Crippen molar-refractivity contribution in [1.29, 1.82) is 0 Å². The van der Waals surface area contributed by atoms with Crippen LogP contribution in [-0.2, 0) is 6.54 Å². The Morgan fingerprint density at radius 2 is 2.06 bits per heavy atom. The molecule has 4 heteroatoms. The van der Waals surface area contributed by atoms with Crippen LogP contribution in [0.1, 0.15) is 33.3 Å². The van der Waals surface area contributed by atoms with Gasteiger partial charge in [0.15, 0.2) is 0 Å². The third kappa shape index (κ3) is 6.49. The van der Waals surface area contributed by atoms with Crippen molar-refractivity contribution in [2.24, 2.45) is 5.41 Å². The lowest BCUT2D eigenvalue weighted by Crippen LogP contribution is -2.26. The molecule has 17 heavy (non-hydrogen) atoms. The summed E-state index contributed by atoms with van der Waals surface area (Å²) in [5.41, 5.74) is 1.42. The highest BCUT2D eigenvalue weighted by molar-refractivity contribution is 5.85. The Morgan fingerprint density at radius 3 is 2.65 bits per heavy atom. The van der Waals surface area contributed by atoms with Crippen molar-refractivity contribution in [2.75, 3.05) is 13.2 Å². The minimum Gasteiger partial charge on any atom is -0.478 e. The lowest BCUT2D eigenvalue weighted by molar-refractivity contribution is 0.319. The molecule has 1 N–H and O–H groups in total. The highest BCUT2D eigenvalue weighted by Gasteiger charge is 2.10. The Bertz CT molecular complexity index is 323. The summed E-state index contributed by atoms with van der Waals surface area (Å²) < 4.78 is 5.47. The molecule has 0 atom stereocenters. The summed E-state index contributed by atoms with van der Waals surface area (Å²) in [5, 5.41) is 3.42. The van der Waals surface area contributed by atoms with Gasteiger partial charge in [0.25, 0.3) is 0 Å². The quantitative estimate of drug-likeness (QED) is 0.882. The highest BCUT2D eigenvalue weighted by atomic mass is 35.5. The Labute approximate surface area is 110 Å². The van der Waals surface area contributed by atoms with Gasteiger partial charge in [0.05, 0.1) is 6.61 Å². The molecular formula is C13H23ClN2O. The molecule has 1 heterocycles. The molecule has 1 aromatic heterocycles. The summed E-state index contributed by atoms with van der Waals surface area (Å²) in [6.07, 6.45) is 1.76. The number of halogens is 1. The lowest BCUT2D eigenvalue weighted by Gasteiger charge is -2.19. The molecule has 0 fully saturated rings. The van der Waals surface area contributed by atoms with Crippen LogP contribution in [0, 0.1) is 5.41 Å². The molecule has 0 spiro atoms. The molecule has 0 radical (unpaired) electrons. The first kappa shape index (κ1) is 16.2.